The maximum Gasteiger partial charge on any atom is 0.0701 e. The molecule has 1 aromatic carbocycles. The fourth-order valence-corrected chi connectivity index (χ4v) is 2.40. The number of aryl methyl sites for hydroxylation is 1. The van der Waals surface area contributed by atoms with Crippen LogP contribution in [-0.4, -0.2) is 11.3 Å². The molecule has 0 spiro atoms. The van der Waals surface area contributed by atoms with Crippen LogP contribution < -0.4 is 5.43 Å². The SMILES string of the molecule is CCCC1(C)CC(c2ccccc2C)=NN1. The molecule has 1 aromatic rings. The third kappa shape index (κ3) is 2.11. The first-order valence-electron chi connectivity index (χ1n) is 6.04. The lowest BCUT2D eigenvalue weighted by atomic mass is 9.89. The Kier molecular flexibility index (Phi) is 2.99. The topological polar surface area (TPSA) is 24.4 Å². The van der Waals surface area contributed by atoms with Crippen molar-refractivity contribution in [2.45, 2.75) is 45.6 Å². The molecule has 16 heavy (non-hydrogen) atoms. The monoisotopic (exact) mass is 216 g/mol. The van der Waals surface area contributed by atoms with E-state index in [0.29, 0.717) is 0 Å². The Balaban J connectivity index is 2.18. The molecule has 1 atom stereocenters. The first-order chi connectivity index (χ1) is 7.64. The summed E-state index contributed by atoms with van der Waals surface area (Å²) in [7, 11) is 0. The molecule has 0 saturated carbocycles. The number of benzene rings is 1. The smallest absolute Gasteiger partial charge is 0.0701 e. The molecule has 0 radical (unpaired) electrons. The van der Waals surface area contributed by atoms with Crippen molar-refractivity contribution in [3.63, 3.8) is 0 Å². The zero-order valence-electron chi connectivity index (χ0n) is 10.4. The van der Waals surface area contributed by atoms with Gasteiger partial charge in [-0.1, -0.05) is 37.6 Å². The van der Waals surface area contributed by atoms with Crippen molar-refractivity contribution in [2.75, 3.05) is 0 Å². The van der Waals surface area contributed by atoms with Crippen LogP contribution in [0.15, 0.2) is 29.4 Å². The highest BCUT2D eigenvalue weighted by molar-refractivity contribution is 6.03. The second-order valence-electron chi connectivity index (χ2n) is 4.97. The Bertz CT molecular complexity index is 409. The molecule has 0 aliphatic carbocycles. The van der Waals surface area contributed by atoms with E-state index in [2.05, 4.69) is 55.6 Å². The van der Waals surface area contributed by atoms with E-state index in [-0.39, 0.29) is 5.54 Å². The van der Waals surface area contributed by atoms with Crippen LogP contribution in [0.25, 0.3) is 0 Å². The van der Waals surface area contributed by atoms with E-state index in [4.69, 9.17) is 0 Å². The van der Waals surface area contributed by atoms with Crippen molar-refractivity contribution >= 4 is 5.71 Å². The van der Waals surface area contributed by atoms with Crippen molar-refractivity contribution in [2.24, 2.45) is 5.10 Å². The van der Waals surface area contributed by atoms with Crippen molar-refractivity contribution < 1.29 is 0 Å². The van der Waals surface area contributed by atoms with Crippen molar-refractivity contribution in [1.82, 2.24) is 5.43 Å². The fraction of sp³-hybridized carbons (Fsp3) is 0.500. The Morgan fingerprint density at radius 1 is 1.38 bits per heavy atom. The van der Waals surface area contributed by atoms with Gasteiger partial charge < -0.3 is 5.43 Å². The second kappa shape index (κ2) is 4.28. The lowest BCUT2D eigenvalue weighted by molar-refractivity contribution is 0.371. The molecule has 2 heteroatoms. The molecule has 0 amide bonds. The predicted octanol–water partition coefficient (Wildman–Crippen LogP) is 3.25. The van der Waals surface area contributed by atoms with E-state index in [1.165, 1.54) is 29.7 Å². The molecule has 0 saturated heterocycles. The third-order valence-corrected chi connectivity index (χ3v) is 3.28. The maximum atomic E-state index is 4.51. The number of rotatable bonds is 3. The number of hydrogen-bond acceptors (Lipinski definition) is 2. The van der Waals surface area contributed by atoms with Crippen LogP contribution in [0.3, 0.4) is 0 Å². The summed E-state index contributed by atoms with van der Waals surface area (Å²) in [5.41, 5.74) is 7.26. The van der Waals surface area contributed by atoms with Crippen LogP contribution >= 0.6 is 0 Å². The zero-order valence-corrected chi connectivity index (χ0v) is 10.4. The number of hydrogen-bond donors (Lipinski definition) is 1. The Labute approximate surface area is 97.8 Å². The minimum Gasteiger partial charge on any atom is -0.304 e. The van der Waals surface area contributed by atoms with E-state index >= 15 is 0 Å². The van der Waals surface area contributed by atoms with Crippen molar-refractivity contribution in [3.05, 3.63) is 35.4 Å². The summed E-state index contributed by atoms with van der Waals surface area (Å²) in [4.78, 5) is 0. The predicted molar refractivity (Wildman–Crippen MR) is 68.8 cm³/mol. The normalized spacial score (nSPS) is 24.1. The van der Waals surface area contributed by atoms with E-state index in [9.17, 15) is 0 Å². The molecule has 1 aliphatic heterocycles. The number of nitrogens with zero attached hydrogens (tertiary/aromatic N) is 1. The first kappa shape index (κ1) is 11.2. The maximum absolute atomic E-state index is 4.51. The van der Waals surface area contributed by atoms with Crippen LogP contribution in [0.2, 0.25) is 0 Å². The molecule has 1 unspecified atom stereocenters. The largest absolute Gasteiger partial charge is 0.304 e. The molecule has 2 nitrogen and oxygen atoms in total. The van der Waals surface area contributed by atoms with Gasteiger partial charge in [-0.25, -0.2) is 0 Å². The molecule has 86 valence electrons. The van der Waals surface area contributed by atoms with Gasteiger partial charge in [0.1, 0.15) is 0 Å². The highest BCUT2D eigenvalue weighted by Gasteiger charge is 2.30. The van der Waals surface area contributed by atoms with E-state index in [1.807, 2.05) is 0 Å². The summed E-state index contributed by atoms with van der Waals surface area (Å²) in [5.74, 6) is 0. The summed E-state index contributed by atoms with van der Waals surface area (Å²) in [6.45, 7) is 6.62. The van der Waals surface area contributed by atoms with Crippen LogP contribution in [0, 0.1) is 6.92 Å². The molecule has 1 N–H and O–H groups in total. The van der Waals surface area contributed by atoms with Crippen LogP contribution in [-0.2, 0) is 0 Å². The number of hydrazone groups is 1. The van der Waals surface area contributed by atoms with Crippen molar-refractivity contribution in [1.29, 1.82) is 0 Å². The molecular formula is C14H20N2. The van der Waals surface area contributed by atoms with Gasteiger partial charge >= 0.3 is 0 Å². The molecule has 0 fully saturated rings. The summed E-state index contributed by atoms with van der Waals surface area (Å²) in [5, 5.41) is 4.51. The average Bonchev–Trinajstić information content (AvgIpc) is 2.62. The van der Waals surface area contributed by atoms with Gasteiger partial charge in [0.25, 0.3) is 0 Å². The van der Waals surface area contributed by atoms with Gasteiger partial charge in [0.2, 0.25) is 0 Å². The van der Waals surface area contributed by atoms with Crippen LogP contribution in [0.4, 0.5) is 0 Å². The zero-order chi connectivity index (χ0) is 11.6. The molecule has 1 aliphatic rings. The van der Waals surface area contributed by atoms with Gasteiger partial charge in [0.05, 0.1) is 11.3 Å². The summed E-state index contributed by atoms with van der Waals surface area (Å²) in [6.07, 6.45) is 3.40. The minimum absolute atomic E-state index is 0.159. The molecular weight excluding hydrogens is 196 g/mol. The van der Waals surface area contributed by atoms with Crippen molar-refractivity contribution in [3.8, 4) is 0 Å². The number of nitrogens with one attached hydrogen (secondary N) is 1. The fourth-order valence-electron chi connectivity index (χ4n) is 2.40. The van der Waals surface area contributed by atoms with Crippen LogP contribution in [0.1, 0.15) is 44.2 Å². The molecule has 2 rings (SSSR count). The first-order valence-corrected chi connectivity index (χ1v) is 6.04. The Morgan fingerprint density at radius 3 is 2.81 bits per heavy atom. The Morgan fingerprint density at radius 2 is 2.12 bits per heavy atom. The highest BCUT2D eigenvalue weighted by Crippen LogP contribution is 2.26. The van der Waals surface area contributed by atoms with E-state index in [1.54, 1.807) is 0 Å². The lowest BCUT2D eigenvalue weighted by Crippen LogP contribution is -2.35. The quantitative estimate of drug-likeness (QED) is 0.824. The van der Waals surface area contributed by atoms with Gasteiger partial charge in [0, 0.05) is 12.0 Å². The van der Waals surface area contributed by atoms with Gasteiger partial charge in [-0.3, -0.25) is 0 Å². The average molecular weight is 216 g/mol. The summed E-state index contributed by atoms with van der Waals surface area (Å²) < 4.78 is 0. The van der Waals surface area contributed by atoms with E-state index < -0.39 is 0 Å². The van der Waals surface area contributed by atoms with Gasteiger partial charge in [0.15, 0.2) is 0 Å². The van der Waals surface area contributed by atoms with Gasteiger partial charge in [-0.2, -0.15) is 5.10 Å². The minimum atomic E-state index is 0.159. The Hall–Kier alpha value is -1.31. The second-order valence-corrected chi connectivity index (χ2v) is 4.97. The lowest BCUT2D eigenvalue weighted by Gasteiger charge is -2.22. The van der Waals surface area contributed by atoms with Gasteiger partial charge in [-0.15, -0.1) is 0 Å². The van der Waals surface area contributed by atoms with Crippen LogP contribution in [0.5, 0.6) is 0 Å². The molecule has 1 heterocycles. The standard InChI is InChI=1S/C14H20N2/c1-4-9-14(3)10-13(15-16-14)12-8-6-5-7-11(12)2/h5-8,16H,4,9-10H2,1-3H3. The summed E-state index contributed by atoms with van der Waals surface area (Å²) >= 11 is 0. The molecule has 0 aromatic heterocycles. The highest BCUT2D eigenvalue weighted by atomic mass is 15.4. The van der Waals surface area contributed by atoms with E-state index in [0.717, 1.165) is 6.42 Å². The third-order valence-electron chi connectivity index (χ3n) is 3.28. The molecule has 0 bridgehead atoms. The summed E-state index contributed by atoms with van der Waals surface area (Å²) in [6, 6.07) is 8.47. The van der Waals surface area contributed by atoms with Gasteiger partial charge in [-0.05, 0) is 25.8 Å².